The molecule has 0 spiro atoms. The van der Waals surface area contributed by atoms with E-state index in [1.54, 1.807) is 0 Å². The van der Waals surface area contributed by atoms with Gasteiger partial charge in [-0.2, -0.15) is 11.8 Å². The number of hydrogen-bond donors (Lipinski definition) is 1. The molecule has 3 heteroatoms. The van der Waals surface area contributed by atoms with Crippen LogP contribution in [0.25, 0.3) is 0 Å². The van der Waals surface area contributed by atoms with Gasteiger partial charge in [0.05, 0.1) is 0 Å². The molecule has 0 amide bonds. The van der Waals surface area contributed by atoms with Crippen LogP contribution in [0.4, 0.5) is 0 Å². The van der Waals surface area contributed by atoms with Crippen LogP contribution in [0.5, 0.6) is 0 Å². The highest BCUT2D eigenvalue weighted by molar-refractivity contribution is 7.99. The summed E-state index contributed by atoms with van der Waals surface area (Å²) in [5.41, 5.74) is 0. The Balaban J connectivity index is 3.07. The number of nitrogens with zero attached hydrogens (tertiary/aromatic N) is 1. The SMILES string of the molecule is CCNCCSCCN(C)C(C)C. The Kier molecular flexibility index (Phi) is 9.03. The van der Waals surface area contributed by atoms with E-state index >= 15 is 0 Å². The van der Waals surface area contributed by atoms with E-state index in [1.165, 1.54) is 18.1 Å². The molecule has 0 radical (unpaired) electrons. The van der Waals surface area contributed by atoms with Crippen molar-refractivity contribution in [1.29, 1.82) is 0 Å². The van der Waals surface area contributed by atoms with Crippen LogP contribution >= 0.6 is 11.8 Å². The van der Waals surface area contributed by atoms with Gasteiger partial charge in [-0.25, -0.2) is 0 Å². The smallest absolute Gasteiger partial charge is 0.00720 e. The first-order valence-corrected chi connectivity index (χ1v) is 6.32. The Morgan fingerprint density at radius 3 is 2.54 bits per heavy atom. The van der Waals surface area contributed by atoms with E-state index in [9.17, 15) is 0 Å². The van der Waals surface area contributed by atoms with Crippen LogP contribution < -0.4 is 5.32 Å². The van der Waals surface area contributed by atoms with Gasteiger partial charge in [-0.15, -0.1) is 0 Å². The van der Waals surface area contributed by atoms with Crippen LogP contribution in [-0.4, -0.2) is 49.1 Å². The third-order valence-corrected chi connectivity index (χ3v) is 3.11. The Morgan fingerprint density at radius 2 is 2.00 bits per heavy atom. The molecule has 2 nitrogen and oxygen atoms in total. The average molecular weight is 204 g/mol. The van der Waals surface area contributed by atoms with E-state index in [0.717, 1.165) is 13.1 Å². The fraction of sp³-hybridized carbons (Fsp3) is 1.00. The number of nitrogens with one attached hydrogen (secondary N) is 1. The summed E-state index contributed by atoms with van der Waals surface area (Å²) in [5, 5.41) is 3.32. The van der Waals surface area contributed by atoms with Gasteiger partial charge in [-0.05, 0) is 27.4 Å². The second-order valence-corrected chi connectivity index (χ2v) is 4.77. The average Bonchev–Trinajstić information content (AvgIpc) is 2.10. The van der Waals surface area contributed by atoms with Gasteiger partial charge in [-0.1, -0.05) is 6.92 Å². The lowest BCUT2D eigenvalue weighted by Gasteiger charge is -2.20. The molecule has 1 N–H and O–H groups in total. The number of rotatable bonds is 8. The summed E-state index contributed by atoms with van der Waals surface area (Å²) in [6, 6.07) is 0.675. The molecule has 0 aromatic rings. The molecule has 0 saturated heterocycles. The molecule has 0 aromatic carbocycles. The van der Waals surface area contributed by atoms with Crippen molar-refractivity contribution in [3.05, 3.63) is 0 Å². The highest BCUT2D eigenvalue weighted by Gasteiger charge is 2.01. The van der Waals surface area contributed by atoms with E-state index < -0.39 is 0 Å². The van der Waals surface area contributed by atoms with E-state index in [0.29, 0.717) is 6.04 Å². The molecule has 0 unspecified atom stereocenters. The molecule has 0 bridgehead atoms. The summed E-state index contributed by atoms with van der Waals surface area (Å²) in [6.45, 7) is 10.1. The predicted molar refractivity (Wildman–Crippen MR) is 63.6 cm³/mol. The minimum Gasteiger partial charge on any atom is -0.316 e. The molecule has 13 heavy (non-hydrogen) atoms. The number of thioether (sulfide) groups is 1. The lowest BCUT2D eigenvalue weighted by molar-refractivity contribution is 0.291. The van der Waals surface area contributed by atoms with Gasteiger partial charge < -0.3 is 10.2 Å². The standard InChI is InChI=1S/C10H24N2S/c1-5-11-6-8-13-9-7-12(4)10(2)3/h10-11H,5-9H2,1-4H3. The maximum atomic E-state index is 3.32. The van der Waals surface area contributed by atoms with Gasteiger partial charge in [0.2, 0.25) is 0 Å². The largest absolute Gasteiger partial charge is 0.316 e. The van der Waals surface area contributed by atoms with Gasteiger partial charge in [-0.3, -0.25) is 0 Å². The zero-order valence-electron chi connectivity index (χ0n) is 9.47. The summed E-state index contributed by atoms with van der Waals surface area (Å²) in [7, 11) is 2.19. The Morgan fingerprint density at radius 1 is 1.31 bits per heavy atom. The van der Waals surface area contributed by atoms with Crippen LogP contribution in [0.15, 0.2) is 0 Å². The van der Waals surface area contributed by atoms with Crippen LogP contribution in [0, 0.1) is 0 Å². The fourth-order valence-electron chi connectivity index (χ4n) is 0.890. The molecule has 0 fully saturated rings. The minimum absolute atomic E-state index is 0.675. The van der Waals surface area contributed by atoms with Crippen LogP contribution in [0.1, 0.15) is 20.8 Å². The molecule has 0 aromatic heterocycles. The van der Waals surface area contributed by atoms with Crippen molar-refractivity contribution in [2.45, 2.75) is 26.8 Å². The summed E-state index contributed by atoms with van der Waals surface area (Å²) in [5.74, 6) is 2.49. The summed E-state index contributed by atoms with van der Waals surface area (Å²) in [4.78, 5) is 2.39. The van der Waals surface area contributed by atoms with Gasteiger partial charge in [0.15, 0.2) is 0 Å². The van der Waals surface area contributed by atoms with Crippen LogP contribution in [0.2, 0.25) is 0 Å². The van der Waals surface area contributed by atoms with Crippen molar-refractivity contribution in [2.75, 3.05) is 38.2 Å². The third-order valence-electron chi connectivity index (χ3n) is 2.14. The molecule has 0 aliphatic heterocycles. The summed E-state index contributed by atoms with van der Waals surface area (Å²) >= 11 is 2.03. The highest BCUT2D eigenvalue weighted by atomic mass is 32.2. The lowest BCUT2D eigenvalue weighted by atomic mass is 10.3. The van der Waals surface area contributed by atoms with Gasteiger partial charge >= 0.3 is 0 Å². The number of hydrogen-bond acceptors (Lipinski definition) is 3. The van der Waals surface area contributed by atoms with Crippen molar-refractivity contribution < 1.29 is 0 Å². The topological polar surface area (TPSA) is 15.3 Å². The predicted octanol–water partition coefficient (Wildman–Crippen LogP) is 1.67. The monoisotopic (exact) mass is 204 g/mol. The van der Waals surface area contributed by atoms with E-state index in [2.05, 4.69) is 38.0 Å². The maximum Gasteiger partial charge on any atom is 0.00720 e. The second kappa shape index (κ2) is 8.85. The summed E-state index contributed by atoms with van der Waals surface area (Å²) < 4.78 is 0. The van der Waals surface area contributed by atoms with Crippen LogP contribution in [-0.2, 0) is 0 Å². The zero-order valence-corrected chi connectivity index (χ0v) is 10.3. The molecule has 0 aliphatic carbocycles. The third kappa shape index (κ3) is 8.60. The normalized spacial score (nSPS) is 11.5. The first-order chi connectivity index (χ1) is 6.18. The molecule has 0 aliphatic rings. The van der Waals surface area contributed by atoms with Crippen molar-refractivity contribution in [2.24, 2.45) is 0 Å². The maximum absolute atomic E-state index is 3.32. The van der Waals surface area contributed by atoms with Gasteiger partial charge in [0.1, 0.15) is 0 Å². The Hall–Kier alpha value is 0.270. The summed E-state index contributed by atoms with van der Waals surface area (Å²) in [6.07, 6.45) is 0. The second-order valence-electron chi connectivity index (χ2n) is 3.54. The van der Waals surface area contributed by atoms with Gasteiger partial charge in [0.25, 0.3) is 0 Å². The molecule has 0 rings (SSSR count). The Bertz CT molecular complexity index is 107. The molecular formula is C10H24N2S. The lowest BCUT2D eigenvalue weighted by Crippen LogP contribution is -2.28. The first-order valence-electron chi connectivity index (χ1n) is 5.17. The minimum atomic E-state index is 0.675. The molecule has 0 atom stereocenters. The Labute approximate surface area is 87.5 Å². The van der Waals surface area contributed by atoms with Crippen LogP contribution in [0.3, 0.4) is 0 Å². The quantitative estimate of drug-likeness (QED) is 0.606. The van der Waals surface area contributed by atoms with Crippen molar-refractivity contribution in [3.63, 3.8) is 0 Å². The van der Waals surface area contributed by atoms with Gasteiger partial charge in [0, 0.05) is 30.6 Å². The molecular weight excluding hydrogens is 180 g/mol. The van der Waals surface area contributed by atoms with Crippen molar-refractivity contribution in [3.8, 4) is 0 Å². The molecule has 0 heterocycles. The van der Waals surface area contributed by atoms with Crippen molar-refractivity contribution in [1.82, 2.24) is 10.2 Å². The fourth-order valence-corrected chi connectivity index (χ4v) is 1.80. The zero-order chi connectivity index (χ0) is 10.1. The first kappa shape index (κ1) is 13.3. The van der Waals surface area contributed by atoms with E-state index in [-0.39, 0.29) is 0 Å². The van der Waals surface area contributed by atoms with Crippen molar-refractivity contribution >= 4 is 11.8 Å². The molecule has 0 saturated carbocycles. The van der Waals surface area contributed by atoms with E-state index in [4.69, 9.17) is 0 Å². The molecule has 80 valence electrons. The highest BCUT2D eigenvalue weighted by Crippen LogP contribution is 2.01. The van der Waals surface area contributed by atoms with E-state index in [1.807, 2.05) is 11.8 Å².